The van der Waals surface area contributed by atoms with Crippen molar-refractivity contribution in [3.05, 3.63) is 99.5 Å². The fraction of sp³-hybridized carbons (Fsp3) is 0.417. The molecule has 210 valence electrons. The van der Waals surface area contributed by atoms with Gasteiger partial charge in [0, 0.05) is 9.52 Å². The van der Waals surface area contributed by atoms with Crippen molar-refractivity contribution in [2.75, 3.05) is 0 Å². The van der Waals surface area contributed by atoms with E-state index in [1.165, 1.54) is 38.6 Å². The number of hydrogen-bond acceptors (Lipinski definition) is 0. The summed E-state index contributed by atoms with van der Waals surface area (Å²) in [4.78, 5) is 0. The van der Waals surface area contributed by atoms with E-state index in [-0.39, 0.29) is 51.0 Å². The minimum Gasteiger partial charge on any atom is -1.00 e. The molecule has 0 N–H and O–H groups in total. The quantitative estimate of drug-likeness (QED) is 0.248. The van der Waals surface area contributed by atoms with Crippen LogP contribution in [-0.4, -0.2) is 9.52 Å². The topological polar surface area (TPSA) is 0 Å². The third-order valence-electron chi connectivity index (χ3n) is 9.33. The molecular weight excluding hydrogens is 623 g/mol. The molecule has 0 heterocycles. The second kappa shape index (κ2) is 15.4. The number of benzene rings is 3. The third kappa shape index (κ3) is 6.32. The Labute approximate surface area is 278 Å². The SMILES string of the molecule is C[Si]C.Cc1cc2c(c(C)c1C)C(C)c1c3c(c4ccccc4c1-2)C(C)C(C)C(C)[C-]3C.[C-]1=CC=CC1.[Cl-].[Cl-].[Zr+4]. The van der Waals surface area contributed by atoms with Crippen molar-refractivity contribution in [1.82, 2.24) is 0 Å². The van der Waals surface area contributed by atoms with E-state index in [9.17, 15) is 0 Å². The van der Waals surface area contributed by atoms with Gasteiger partial charge in [-0.2, -0.15) is 17.6 Å². The molecule has 3 aliphatic rings. The summed E-state index contributed by atoms with van der Waals surface area (Å²) in [6.45, 7) is 23.4. The average molecular weight is 667 g/mol. The van der Waals surface area contributed by atoms with Gasteiger partial charge in [-0.05, 0) is 59.9 Å². The van der Waals surface area contributed by atoms with Crippen LogP contribution >= 0.6 is 0 Å². The Hall–Kier alpha value is -1.05. The molecule has 4 heteroatoms. The van der Waals surface area contributed by atoms with Gasteiger partial charge in [-0.25, -0.2) is 12.2 Å². The van der Waals surface area contributed by atoms with E-state index in [1.54, 1.807) is 28.2 Å². The van der Waals surface area contributed by atoms with Crippen LogP contribution in [0, 0.1) is 44.6 Å². The molecule has 6 rings (SSSR count). The smallest absolute Gasteiger partial charge is 1.00 e. The van der Waals surface area contributed by atoms with Crippen LogP contribution in [0.4, 0.5) is 0 Å². The molecule has 0 aliphatic heterocycles. The minimum absolute atomic E-state index is 0. The zero-order chi connectivity index (χ0) is 27.0. The molecule has 4 atom stereocenters. The van der Waals surface area contributed by atoms with E-state index in [4.69, 9.17) is 0 Å². The van der Waals surface area contributed by atoms with Gasteiger partial charge in [0.15, 0.2) is 0 Å². The maximum Gasteiger partial charge on any atom is 4.00 e. The Morgan fingerprint density at radius 1 is 0.875 bits per heavy atom. The van der Waals surface area contributed by atoms with Gasteiger partial charge in [0.05, 0.1) is 0 Å². The summed E-state index contributed by atoms with van der Waals surface area (Å²) in [7, 11) is 1.08. The number of rotatable bonds is 0. The van der Waals surface area contributed by atoms with Gasteiger partial charge >= 0.3 is 26.2 Å². The number of fused-ring (bicyclic) bond motifs is 8. The van der Waals surface area contributed by atoms with Crippen LogP contribution in [0.25, 0.3) is 21.9 Å². The van der Waals surface area contributed by atoms with Crippen LogP contribution < -0.4 is 24.8 Å². The molecule has 4 unspecified atom stereocenters. The molecule has 0 nitrogen and oxygen atoms in total. The minimum atomic E-state index is 0. The van der Waals surface area contributed by atoms with E-state index >= 15 is 0 Å². The van der Waals surface area contributed by atoms with Crippen LogP contribution in [0.3, 0.4) is 0 Å². The summed E-state index contributed by atoms with van der Waals surface area (Å²) in [5.74, 6) is 3.94. The summed E-state index contributed by atoms with van der Waals surface area (Å²) in [5.41, 5.74) is 13.7. The summed E-state index contributed by atoms with van der Waals surface area (Å²) < 4.78 is 0. The maximum atomic E-state index is 2.99. The predicted molar refractivity (Wildman–Crippen MR) is 165 cm³/mol. The van der Waals surface area contributed by atoms with Gasteiger partial charge in [-0.3, -0.25) is 6.08 Å². The standard InChI is InChI=1S/C29H33.C5H5.C2H6Si.2ClH.Zr/c1-14-13-24-25(18(5)15(14)2)21(8)28-27-20(7)17(4)16(3)19(6)26(27)22-11-9-10-12-23(22)29(24)28;1-2-4-5-3-1;1-3-2;;;/h9-13,16-17,19,21H,1-8H3;1-3H,4H2;1-2H3;2*1H;/q2*-1;;;;+4/p-2. The Morgan fingerprint density at radius 2 is 1.48 bits per heavy atom. The van der Waals surface area contributed by atoms with Crippen molar-refractivity contribution in [1.29, 1.82) is 0 Å². The molecule has 40 heavy (non-hydrogen) atoms. The summed E-state index contributed by atoms with van der Waals surface area (Å²) in [5, 5.41) is 2.93. The Bertz CT molecular complexity index is 1360. The second-order valence-corrected chi connectivity index (χ2v) is 12.4. The first-order chi connectivity index (χ1) is 17.7. The molecule has 2 radical (unpaired) electrons. The molecular formula is C36H44Cl2SiZr. The van der Waals surface area contributed by atoms with Gasteiger partial charge in [0.2, 0.25) is 0 Å². The third-order valence-corrected chi connectivity index (χ3v) is 9.33. The van der Waals surface area contributed by atoms with Crippen LogP contribution in [0.2, 0.25) is 13.1 Å². The van der Waals surface area contributed by atoms with Crippen LogP contribution in [0.15, 0.2) is 48.6 Å². The second-order valence-electron chi connectivity index (χ2n) is 11.4. The van der Waals surface area contributed by atoms with E-state index in [0.717, 1.165) is 15.9 Å². The molecule has 3 aromatic rings. The Balaban J connectivity index is 0.000000639. The Morgan fingerprint density at radius 3 is 2.00 bits per heavy atom. The number of halogens is 2. The molecule has 0 spiro atoms. The fourth-order valence-corrected chi connectivity index (χ4v) is 6.78. The zero-order valence-corrected chi connectivity index (χ0v) is 30.9. The van der Waals surface area contributed by atoms with E-state index in [1.807, 2.05) is 12.2 Å². The van der Waals surface area contributed by atoms with Crippen molar-refractivity contribution in [3.63, 3.8) is 0 Å². The molecule has 3 aromatic carbocycles. The predicted octanol–water partition coefficient (Wildman–Crippen LogP) is 4.33. The first kappa shape index (κ1) is 37.0. The van der Waals surface area contributed by atoms with Crippen molar-refractivity contribution in [2.24, 2.45) is 11.8 Å². The molecule has 0 saturated heterocycles. The first-order valence-corrected chi connectivity index (χ1v) is 16.0. The molecule has 0 saturated carbocycles. The molecule has 0 fully saturated rings. The number of aryl methyl sites for hydroxylation is 1. The van der Waals surface area contributed by atoms with Crippen LogP contribution in [-0.2, 0) is 26.2 Å². The fourth-order valence-electron chi connectivity index (χ4n) is 6.78. The van der Waals surface area contributed by atoms with E-state index < -0.39 is 0 Å². The summed E-state index contributed by atoms with van der Waals surface area (Å²) >= 11 is 0. The molecule has 0 amide bonds. The van der Waals surface area contributed by atoms with E-state index in [0.29, 0.717) is 23.7 Å². The summed E-state index contributed by atoms with van der Waals surface area (Å²) in [6, 6.07) is 11.7. The van der Waals surface area contributed by atoms with Crippen molar-refractivity contribution < 1.29 is 51.0 Å². The first-order valence-electron chi connectivity index (χ1n) is 14.0. The molecule has 0 aromatic heterocycles. The largest absolute Gasteiger partial charge is 4.00 e. The van der Waals surface area contributed by atoms with Gasteiger partial charge in [0.1, 0.15) is 0 Å². The number of allylic oxidation sites excluding steroid dienone is 4. The van der Waals surface area contributed by atoms with E-state index in [2.05, 4.69) is 111 Å². The zero-order valence-electron chi connectivity index (χ0n) is 25.9. The van der Waals surface area contributed by atoms with Gasteiger partial charge in [-0.15, -0.1) is 17.5 Å². The molecule has 0 bridgehead atoms. The van der Waals surface area contributed by atoms with Crippen LogP contribution in [0.5, 0.6) is 0 Å². The molecule has 3 aliphatic carbocycles. The van der Waals surface area contributed by atoms with Crippen molar-refractivity contribution >= 4 is 20.3 Å². The normalized spacial score (nSPS) is 20.9. The maximum absolute atomic E-state index is 2.99. The van der Waals surface area contributed by atoms with Gasteiger partial charge < -0.3 is 24.8 Å². The monoisotopic (exact) mass is 664 g/mol. The number of hydrogen-bond donors (Lipinski definition) is 0. The Kier molecular flexibility index (Phi) is 14.3. The van der Waals surface area contributed by atoms with Gasteiger partial charge in [-0.1, -0.05) is 107 Å². The van der Waals surface area contributed by atoms with Gasteiger partial charge in [0.25, 0.3) is 0 Å². The van der Waals surface area contributed by atoms with Crippen molar-refractivity contribution in [3.8, 4) is 11.1 Å². The van der Waals surface area contributed by atoms with Crippen molar-refractivity contribution in [2.45, 2.75) is 86.7 Å². The average Bonchev–Trinajstić information content (AvgIpc) is 3.56. The summed E-state index contributed by atoms with van der Waals surface area (Å²) in [6.07, 6.45) is 10.0. The van der Waals surface area contributed by atoms with Crippen LogP contribution in [0.1, 0.15) is 91.8 Å².